The molecule has 0 bridgehead atoms. The van der Waals surface area contributed by atoms with Crippen LogP contribution in [0.2, 0.25) is 5.02 Å². The van der Waals surface area contributed by atoms with Crippen molar-refractivity contribution < 1.29 is 13.2 Å². The van der Waals surface area contributed by atoms with E-state index in [0.717, 1.165) is 30.9 Å². The van der Waals surface area contributed by atoms with Crippen LogP contribution in [0.1, 0.15) is 17.5 Å². The molecular formula is C19H22ClF3IN5. The van der Waals surface area contributed by atoms with Crippen LogP contribution in [0.25, 0.3) is 0 Å². The second-order valence-electron chi connectivity index (χ2n) is 6.51. The van der Waals surface area contributed by atoms with Crippen molar-refractivity contribution in [3.05, 3.63) is 58.7 Å². The molecule has 2 aromatic rings. The lowest BCUT2D eigenvalue weighted by atomic mass is 10.1. The Balaban J connectivity index is 0.00000300. The maximum absolute atomic E-state index is 12.8. The Morgan fingerprint density at radius 3 is 2.79 bits per heavy atom. The van der Waals surface area contributed by atoms with Gasteiger partial charge in [-0.05, 0) is 36.2 Å². The molecule has 1 saturated heterocycles. The predicted molar refractivity (Wildman–Crippen MR) is 120 cm³/mol. The minimum atomic E-state index is -4.35. The van der Waals surface area contributed by atoms with Crippen molar-refractivity contribution in [2.75, 3.05) is 25.0 Å². The molecule has 1 aromatic carbocycles. The van der Waals surface area contributed by atoms with Crippen LogP contribution in [-0.4, -0.2) is 37.1 Å². The van der Waals surface area contributed by atoms with E-state index >= 15 is 0 Å². The fourth-order valence-corrected chi connectivity index (χ4v) is 3.35. The third-order valence-electron chi connectivity index (χ3n) is 4.51. The quantitative estimate of drug-likeness (QED) is 0.345. The molecule has 10 heteroatoms. The van der Waals surface area contributed by atoms with Crippen molar-refractivity contribution in [1.29, 1.82) is 0 Å². The highest BCUT2D eigenvalue weighted by Gasteiger charge is 2.30. The number of anilines is 1. The number of nitrogens with zero attached hydrogens (tertiary/aromatic N) is 3. The Hall–Kier alpha value is -1.75. The summed E-state index contributed by atoms with van der Waals surface area (Å²) >= 11 is 6.21. The summed E-state index contributed by atoms with van der Waals surface area (Å²) in [6, 6.07) is 8.98. The van der Waals surface area contributed by atoms with Gasteiger partial charge in [-0.1, -0.05) is 23.7 Å². The predicted octanol–water partition coefficient (Wildman–Crippen LogP) is 4.32. The highest BCUT2D eigenvalue weighted by Crippen LogP contribution is 2.29. The Morgan fingerprint density at radius 1 is 1.31 bits per heavy atom. The highest BCUT2D eigenvalue weighted by atomic mass is 127. The maximum Gasteiger partial charge on any atom is 0.416 e. The first-order chi connectivity index (χ1) is 13.4. The van der Waals surface area contributed by atoms with Gasteiger partial charge in [0, 0.05) is 38.9 Å². The monoisotopic (exact) mass is 539 g/mol. The SMILES string of the molecule is CN=C(NCc1cccc(C(F)(F)F)c1)NC1CCN(c2ncccc2Cl)C1.I. The molecule has 0 radical (unpaired) electrons. The minimum absolute atomic E-state index is 0. The molecule has 0 amide bonds. The summed E-state index contributed by atoms with van der Waals surface area (Å²) in [4.78, 5) is 10.6. The average molecular weight is 540 g/mol. The van der Waals surface area contributed by atoms with Gasteiger partial charge in [-0.15, -0.1) is 24.0 Å². The number of alkyl halides is 3. The van der Waals surface area contributed by atoms with E-state index in [1.54, 1.807) is 31.4 Å². The summed E-state index contributed by atoms with van der Waals surface area (Å²) in [5, 5.41) is 6.98. The zero-order valence-corrected chi connectivity index (χ0v) is 18.8. The first-order valence-electron chi connectivity index (χ1n) is 8.85. The molecule has 29 heavy (non-hydrogen) atoms. The van der Waals surface area contributed by atoms with E-state index in [2.05, 4.69) is 25.5 Å². The number of hydrogen-bond donors (Lipinski definition) is 2. The fourth-order valence-electron chi connectivity index (χ4n) is 3.11. The topological polar surface area (TPSA) is 52.6 Å². The molecule has 2 heterocycles. The van der Waals surface area contributed by atoms with E-state index in [-0.39, 0.29) is 36.6 Å². The standard InChI is InChI=1S/C19H21ClF3N5.HI/c1-24-18(26-11-13-4-2-5-14(10-13)19(21,22)23)27-15-7-9-28(12-15)17-16(20)6-3-8-25-17;/h2-6,8,10,15H,7,9,11-12H2,1H3,(H2,24,26,27);1H. The Morgan fingerprint density at radius 2 is 2.10 bits per heavy atom. The van der Waals surface area contributed by atoms with E-state index in [1.807, 2.05) is 0 Å². The van der Waals surface area contributed by atoms with Crippen molar-refractivity contribution in [2.24, 2.45) is 4.99 Å². The molecule has 0 saturated carbocycles. The lowest BCUT2D eigenvalue weighted by Crippen LogP contribution is -2.44. The van der Waals surface area contributed by atoms with E-state index in [1.165, 1.54) is 6.07 Å². The number of benzene rings is 1. The summed E-state index contributed by atoms with van der Waals surface area (Å²) in [7, 11) is 1.63. The summed E-state index contributed by atoms with van der Waals surface area (Å²) < 4.78 is 38.5. The van der Waals surface area contributed by atoms with Gasteiger partial charge in [0.2, 0.25) is 0 Å². The molecule has 1 fully saturated rings. The number of hydrogen-bond acceptors (Lipinski definition) is 3. The van der Waals surface area contributed by atoms with Crippen LogP contribution in [0.5, 0.6) is 0 Å². The van der Waals surface area contributed by atoms with Gasteiger partial charge >= 0.3 is 6.18 Å². The van der Waals surface area contributed by atoms with Crippen molar-refractivity contribution in [3.8, 4) is 0 Å². The number of aromatic nitrogens is 1. The number of aliphatic imine (C=N–C) groups is 1. The van der Waals surface area contributed by atoms with Crippen LogP contribution in [0.3, 0.4) is 0 Å². The average Bonchev–Trinajstić information content (AvgIpc) is 3.13. The van der Waals surface area contributed by atoms with Crippen LogP contribution in [0.15, 0.2) is 47.6 Å². The third-order valence-corrected chi connectivity index (χ3v) is 4.80. The molecule has 3 rings (SSSR count). The molecule has 2 N–H and O–H groups in total. The van der Waals surface area contributed by atoms with Crippen LogP contribution in [0, 0.1) is 0 Å². The molecule has 1 aliphatic heterocycles. The summed E-state index contributed by atoms with van der Waals surface area (Å²) in [6.07, 6.45) is -1.77. The Kier molecular flexibility index (Phi) is 8.38. The number of nitrogens with one attached hydrogen (secondary N) is 2. The van der Waals surface area contributed by atoms with Crippen molar-refractivity contribution >= 4 is 47.4 Å². The van der Waals surface area contributed by atoms with Gasteiger partial charge in [0.15, 0.2) is 5.96 Å². The molecule has 5 nitrogen and oxygen atoms in total. The van der Waals surface area contributed by atoms with Crippen LogP contribution in [0.4, 0.5) is 19.0 Å². The lowest BCUT2D eigenvalue weighted by Gasteiger charge is -2.20. The van der Waals surface area contributed by atoms with Gasteiger partial charge in [-0.25, -0.2) is 4.98 Å². The minimum Gasteiger partial charge on any atom is -0.353 e. The maximum atomic E-state index is 12.8. The summed E-state index contributed by atoms with van der Waals surface area (Å²) in [6.45, 7) is 1.76. The van der Waals surface area contributed by atoms with Crippen molar-refractivity contribution in [2.45, 2.75) is 25.2 Å². The van der Waals surface area contributed by atoms with Crippen LogP contribution < -0.4 is 15.5 Å². The Labute approximate surface area is 189 Å². The molecule has 0 spiro atoms. The third kappa shape index (κ3) is 6.36. The first kappa shape index (κ1) is 23.5. The van der Waals surface area contributed by atoms with E-state index in [0.29, 0.717) is 23.1 Å². The van der Waals surface area contributed by atoms with Gasteiger partial charge in [0.25, 0.3) is 0 Å². The fraction of sp³-hybridized carbons (Fsp3) is 0.368. The number of pyridine rings is 1. The zero-order valence-electron chi connectivity index (χ0n) is 15.7. The second-order valence-corrected chi connectivity index (χ2v) is 6.92. The van der Waals surface area contributed by atoms with Crippen LogP contribution >= 0.6 is 35.6 Å². The van der Waals surface area contributed by atoms with Crippen LogP contribution in [-0.2, 0) is 12.7 Å². The molecule has 0 aliphatic carbocycles. The van der Waals surface area contributed by atoms with Gasteiger partial charge in [-0.3, -0.25) is 4.99 Å². The summed E-state index contributed by atoms with van der Waals surface area (Å²) in [5.74, 6) is 1.29. The first-order valence-corrected chi connectivity index (χ1v) is 9.23. The Bertz CT molecular complexity index is 847. The lowest BCUT2D eigenvalue weighted by molar-refractivity contribution is -0.137. The van der Waals surface area contributed by atoms with Gasteiger partial charge in [0.05, 0.1) is 10.6 Å². The van der Waals surface area contributed by atoms with Gasteiger partial charge in [0.1, 0.15) is 5.82 Å². The van der Waals surface area contributed by atoms with Crippen molar-refractivity contribution in [3.63, 3.8) is 0 Å². The zero-order chi connectivity index (χ0) is 20.1. The second kappa shape index (κ2) is 10.3. The van der Waals surface area contributed by atoms with E-state index in [4.69, 9.17) is 11.6 Å². The highest BCUT2D eigenvalue weighted by molar-refractivity contribution is 14.0. The van der Waals surface area contributed by atoms with E-state index in [9.17, 15) is 13.2 Å². The molecule has 1 aromatic heterocycles. The molecule has 1 atom stereocenters. The molecule has 158 valence electrons. The van der Waals surface area contributed by atoms with Gasteiger partial charge < -0.3 is 15.5 Å². The molecular weight excluding hydrogens is 518 g/mol. The smallest absolute Gasteiger partial charge is 0.353 e. The number of guanidine groups is 1. The van der Waals surface area contributed by atoms with Crippen molar-refractivity contribution in [1.82, 2.24) is 15.6 Å². The largest absolute Gasteiger partial charge is 0.416 e. The van der Waals surface area contributed by atoms with E-state index < -0.39 is 11.7 Å². The van der Waals surface area contributed by atoms with Gasteiger partial charge in [-0.2, -0.15) is 13.2 Å². The number of halogens is 5. The molecule has 1 unspecified atom stereocenters. The summed E-state index contributed by atoms with van der Waals surface area (Å²) in [5.41, 5.74) is -0.125. The normalized spacial score (nSPS) is 17.1. The molecule has 1 aliphatic rings. The number of rotatable bonds is 4.